The van der Waals surface area contributed by atoms with E-state index in [1.54, 1.807) is 17.3 Å². The summed E-state index contributed by atoms with van der Waals surface area (Å²) in [4.78, 5) is 18.3. The minimum Gasteiger partial charge on any atom is -0.353 e. The molecule has 4 nitrogen and oxygen atoms in total. The van der Waals surface area contributed by atoms with Crippen LogP contribution < -0.4 is 5.32 Å². The highest BCUT2D eigenvalue weighted by atomic mass is 79.9. The molecule has 0 saturated carbocycles. The number of nitrogens with zero attached hydrogens (tertiary/aromatic N) is 2. The van der Waals surface area contributed by atoms with Gasteiger partial charge in [-0.2, -0.15) is 0 Å². The molecule has 0 aliphatic heterocycles. The van der Waals surface area contributed by atoms with E-state index in [0.717, 1.165) is 15.8 Å². The maximum atomic E-state index is 12.4. The first-order valence-corrected chi connectivity index (χ1v) is 8.12. The van der Waals surface area contributed by atoms with Gasteiger partial charge in [-0.25, -0.2) is 0 Å². The molecule has 1 amide bonds. The molecule has 116 valence electrons. The summed E-state index contributed by atoms with van der Waals surface area (Å²) >= 11 is 3.54. The first kappa shape index (κ1) is 16.5. The van der Waals surface area contributed by atoms with Crippen LogP contribution >= 0.6 is 15.9 Å². The van der Waals surface area contributed by atoms with Crippen molar-refractivity contribution in [3.05, 3.63) is 52.3 Å². The Balaban J connectivity index is 2.23. The lowest BCUT2D eigenvalue weighted by Crippen LogP contribution is -2.30. The molecule has 1 aromatic carbocycles. The Hall–Kier alpha value is -1.88. The molecule has 1 aromatic heterocycles. The van der Waals surface area contributed by atoms with Crippen LogP contribution in [-0.4, -0.2) is 28.9 Å². The molecule has 0 aliphatic carbocycles. The number of nitrogens with one attached hydrogen (secondary N) is 1. The van der Waals surface area contributed by atoms with Gasteiger partial charge < -0.3 is 10.2 Å². The van der Waals surface area contributed by atoms with Gasteiger partial charge in [-0.05, 0) is 60.5 Å². The summed E-state index contributed by atoms with van der Waals surface area (Å²) in [6.07, 6.45) is 3.32. The van der Waals surface area contributed by atoms with Crippen LogP contribution in [-0.2, 0) is 0 Å². The molecular formula is C17H20BrN3O. The summed E-state index contributed by atoms with van der Waals surface area (Å²) in [5.74, 6) is 0.00382. The Labute approximate surface area is 139 Å². The fourth-order valence-corrected chi connectivity index (χ4v) is 2.79. The molecule has 0 aliphatic rings. The molecule has 1 N–H and O–H groups in total. The lowest BCUT2D eigenvalue weighted by molar-refractivity contribution is 0.0772. The summed E-state index contributed by atoms with van der Waals surface area (Å²) in [6.45, 7) is 7.37. The second-order valence-corrected chi connectivity index (χ2v) is 5.90. The fourth-order valence-electron chi connectivity index (χ4n) is 2.20. The Morgan fingerprint density at radius 1 is 1.23 bits per heavy atom. The van der Waals surface area contributed by atoms with E-state index in [0.29, 0.717) is 18.7 Å². The Morgan fingerprint density at radius 2 is 1.95 bits per heavy atom. The number of anilines is 2. The number of carbonyl (C=O) groups excluding carboxylic acids is 1. The highest BCUT2D eigenvalue weighted by molar-refractivity contribution is 9.10. The smallest absolute Gasteiger partial charge is 0.255 e. The molecule has 5 heteroatoms. The number of halogens is 1. The quantitative estimate of drug-likeness (QED) is 0.859. The molecule has 22 heavy (non-hydrogen) atoms. The number of benzene rings is 1. The van der Waals surface area contributed by atoms with Crippen molar-refractivity contribution >= 4 is 33.2 Å². The van der Waals surface area contributed by atoms with E-state index < -0.39 is 0 Å². The van der Waals surface area contributed by atoms with E-state index in [-0.39, 0.29) is 5.91 Å². The maximum absolute atomic E-state index is 12.4. The van der Waals surface area contributed by atoms with Crippen LogP contribution in [0.15, 0.2) is 41.1 Å². The van der Waals surface area contributed by atoms with Gasteiger partial charge in [0.1, 0.15) is 0 Å². The maximum Gasteiger partial charge on any atom is 0.255 e. The second-order valence-electron chi connectivity index (χ2n) is 5.05. The van der Waals surface area contributed by atoms with Gasteiger partial charge in [-0.15, -0.1) is 0 Å². The van der Waals surface area contributed by atoms with Gasteiger partial charge in [0.05, 0.1) is 23.1 Å². The zero-order valence-corrected chi connectivity index (χ0v) is 14.6. The predicted octanol–water partition coefficient (Wildman–Crippen LogP) is 4.38. The van der Waals surface area contributed by atoms with E-state index in [1.807, 2.05) is 45.0 Å². The van der Waals surface area contributed by atoms with Gasteiger partial charge in [0, 0.05) is 23.8 Å². The van der Waals surface area contributed by atoms with Crippen molar-refractivity contribution in [2.75, 3.05) is 18.4 Å². The fraction of sp³-hybridized carbons (Fsp3) is 0.294. The van der Waals surface area contributed by atoms with Crippen LogP contribution in [0, 0.1) is 6.92 Å². The summed E-state index contributed by atoms with van der Waals surface area (Å²) in [5, 5.41) is 3.29. The largest absolute Gasteiger partial charge is 0.353 e. The third-order valence-electron chi connectivity index (χ3n) is 3.44. The molecule has 0 unspecified atom stereocenters. The average Bonchev–Trinajstić information content (AvgIpc) is 2.51. The number of hydrogen-bond donors (Lipinski definition) is 1. The van der Waals surface area contributed by atoms with Crippen LogP contribution in [0.2, 0.25) is 0 Å². The average molecular weight is 362 g/mol. The normalized spacial score (nSPS) is 10.4. The zero-order valence-electron chi connectivity index (χ0n) is 13.1. The van der Waals surface area contributed by atoms with Crippen LogP contribution in [0.1, 0.15) is 29.8 Å². The first-order chi connectivity index (χ1) is 10.5. The van der Waals surface area contributed by atoms with Crippen molar-refractivity contribution < 1.29 is 4.79 Å². The standard InChI is InChI=1S/C17H20BrN3O/c1-4-21(5-2)17(22)13-9-14(11-19-10-13)20-16-7-6-12(3)8-15(16)18/h6-11,20H,4-5H2,1-3H3. The highest BCUT2D eigenvalue weighted by Crippen LogP contribution is 2.26. The topological polar surface area (TPSA) is 45.2 Å². The van der Waals surface area contributed by atoms with Crippen molar-refractivity contribution in [2.24, 2.45) is 0 Å². The summed E-state index contributed by atoms with van der Waals surface area (Å²) < 4.78 is 0.980. The number of aromatic nitrogens is 1. The molecule has 0 atom stereocenters. The van der Waals surface area contributed by atoms with Crippen molar-refractivity contribution in [3.63, 3.8) is 0 Å². The van der Waals surface area contributed by atoms with E-state index >= 15 is 0 Å². The lowest BCUT2D eigenvalue weighted by Gasteiger charge is -2.18. The van der Waals surface area contributed by atoms with Crippen LogP contribution in [0.3, 0.4) is 0 Å². The number of carbonyl (C=O) groups is 1. The molecule has 0 bridgehead atoms. The van der Waals surface area contributed by atoms with Gasteiger partial charge >= 0.3 is 0 Å². The predicted molar refractivity (Wildman–Crippen MR) is 93.7 cm³/mol. The third-order valence-corrected chi connectivity index (χ3v) is 4.10. The van der Waals surface area contributed by atoms with Crippen molar-refractivity contribution in [3.8, 4) is 0 Å². The molecular weight excluding hydrogens is 342 g/mol. The number of amides is 1. The molecule has 2 aromatic rings. The van der Waals surface area contributed by atoms with Crippen molar-refractivity contribution in [1.29, 1.82) is 0 Å². The SMILES string of the molecule is CCN(CC)C(=O)c1cncc(Nc2ccc(C)cc2Br)c1. The number of pyridine rings is 1. The van der Waals surface area contributed by atoms with Gasteiger partial charge in [-0.1, -0.05) is 6.07 Å². The molecule has 0 spiro atoms. The van der Waals surface area contributed by atoms with Crippen molar-refractivity contribution in [2.45, 2.75) is 20.8 Å². The van der Waals surface area contributed by atoms with E-state index in [9.17, 15) is 4.79 Å². The number of hydrogen-bond acceptors (Lipinski definition) is 3. The van der Waals surface area contributed by atoms with Crippen LogP contribution in [0.25, 0.3) is 0 Å². The summed E-state index contributed by atoms with van der Waals surface area (Å²) in [5.41, 5.74) is 3.51. The summed E-state index contributed by atoms with van der Waals surface area (Å²) in [6, 6.07) is 7.91. The van der Waals surface area contributed by atoms with Crippen molar-refractivity contribution in [1.82, 2.24) is 9.88 Å². The van der Waals surface area contributed by atoms with Gasteiger partial charge in [-0.3, -0.25) is 9.78 Å². The summed E-state index contributed by atoms with van der Waals surface area (Å²) in [7, 11) is 0. The molecule has 0 radical (unpaired) electrons. The lowest BCUT2D eigenvalue weighted by atomic mass is 10.2. The third kappa shape index (κ3) is 3.85. The van der Waals surface area contributed by atoms with Gasteiger partial charge in [0.2, 0.25) is 0 Å². The number of aryl methyl sites for hydroxylation is 1. The van der Waals surface area contributed by atoms with Crippen LogP contribution in [0.4, 0.5) is 11.4 Å². The zero-order chi connectivity index (χ0) is 16.1. The van der Waals surface area contributed by atoms with Gasteiger partial charge in [0.15, 0.2) is 0 Å². The monoisotopic (exact) mass is 361 g/mol. The minimum absolute atomic E-state index is 0.00382. The van der Waals surface area contributed by atoms with E-state index in [1.165, 1.54) is 5.56 Å². The number of rotatable bonds is 5. The minimum atomic E-state index is 0.00382. The first-order valence-electron chi connectivity index (χ1n) is 7.32. The molecule has 2 rings (SSSR count). The van der Waals surface area contributed by atoms with E-state index in [4.69, 9.17) is 0 Å². The Morgan fingerprint density at radius 3 is 2.59 bits per heavy atom. The van der Waals surface area contributed by atoms with Crippen LogP contribution in [0.5, 0.6) is 0 Å². The molecule has 0 saturated heterocycles. The second kappa shape index (κ2) is 7.40. The van der Waals surface area contributed by atoms with Gasteiger partial charge in [0.25, 0.3) is 5.91 Å². The molecule has 1 heterocycles. The highest BCUT2D eigenvalue weighted by Gasteiger charge is 2.13. The Bertz CT molecular complexity index is 669. The molecule has 0 fully saturated rings. The Kier molecular flexibility index (Phi) is 5.55. The van der Waals surface area contributed by atoms with E-state index in [2.05, 4.69) is 26.2 Å².